The van der Waals surface area contributed by atoms with Gasteiger partial charge in [0, 0.05) is 12.7 Å². The van der Waals surface area contributed by atoms with Gasteiger partial charge in [-0.3, -0.25) is 4.79 Å². The third-order valence-electron chi connectivity index (χ3n) is 4.00. The number of carbonyl (C=O) groups excluding carboxylic acids is 1. The fourth-order valence-electron chi connectivity index (χ4n) is 2.56. The van der Waals surface area contributed by atoms with Gasteiger partial charge >= 0.3 is 0 Å². The lowest BCUT2D eigenvalue weighted by Gasteiger charge is -2.15. The number of amides is 1. The van der Waals surface area contributed by atoms with Gasteiger partial charge in [0.15, 0.2) is 9.84 Å². The highest BCUT2D eigenvalue weighted by molar-refractivity contribution is 7.90. The molecule has 0 aliphatic heterocycles. The Morgan fingerprint density at radius 3 is 2.36 bits per heavy atom. The lowest BCUT2D eigenvalue weighted by molar-refractivity contribution is -0.121. The van der Waals surface area contributed by atoms with Gasteiger partial charge in [0.25, 0.3) is 0 Å². The molecule has 1 amide bonds. The van der Waals surface area contributed by atoms with Gasteiger partial charge < -0.3 is 10.1 Å². The van der Waals surface area contributed by atoms with E-state index >= 15 is 0 Å². The van der Waals surface area contributed by atoms with Crippen LogP contribution in [-0.4, -0.2) is 27.7 Å². The number of nitrogens with one attached hydrogen (secondary N) is 1. The number of hydrogen-bond acceptors (Lipinski definition) is 4. The van der Waals surface area contributed by atoms with E-state index in [0.29, 0.717) is 12.8 Å². The molecule has 0 spiro atoms. The van der Waals surface area contributed by atoms with Crippen LogP contribution >= 0.6 is 0 Å². The second kappa shape index (κ2) is 8.16. The SMILES string of the molecule is COc1ccccc1CCC(=O)NC(C)c1ccc(S(C)(=O)=O)cc1. The van der Waals surface area contributed by atoms with Crippen molar-refractivity contribution in [3.63, 3.8) is 0 Å². The normalized spacial score (nSPS) is 12.4. The average Bonchev–Trinajstić information content (AvgIpc) is 2.59. The van der Waals surface area contributed by atoms with Gasteiger partial charge in [-0.05, 0) is 42.7 Å². The van der Waals surface area contributed by atoms with Gasteiger partial charge in [0.1, 0.15) is 5.75 Å². The van der Waals surface area contributed by atoms with E-state index in [0.717, 1.165) is 16.9 Å². The molecule has 25 heavy (non-hydrogen) atoms. The first kappa shape index (κ1) is 19.0. The number of methoxy groups -OCH3 is 1. The van der Waals surface area contributed by atoms with Crippen LogP contribution in [0.25, 0.3) is 0 Å². The molecule has 2 aromatic rings. The van der Waals surface area contributed by atoms with Crippen LogP contribution in [0.4, 0.5) is 0 Å². The highest BCUT2D eigenvalue weighted by Gasteiger charge is 2.12. The van der Waals surface area contributed by atoms with Crippen LogP contribution in [0.1, 0.15) is 30.5 Å². The molecule has 2 aromatic carbocycles. The highest BCUT2D eigenvalue weighted by Crippen LogP contribution is 2.20. The van der Waals surface area contributed by atoms with E-state index in [-0.39, 0.29) is 16.8 Å². The minimum atomic E-state index is -3.21. The van der Waals surface area contributed by atoms with E-state index in [1.807, 2.05) is 31.2 Å². The number of aryl methyl sites for hydroxylation is 1. The summed E-state index contributed by atoms with van der Waals surface area (Å²) in [6.45, 7) is 1.87. The van der Waals surface area contributed by atoms with Gasteiger partial charge in [-0.1, -0.05) is 30.3 Å². The zero-order valence-electron chi connectivity index (χ0n) is 14.7. The quantitative estimate of drug-likeness (QED) is 0.823. The lowest BCUT2D eigenvalue weighted by atomic mass is 10.1. The summed E-state index contributed by atoms with van der Waals surface area (Å²) in [5.41, 5.74) is 1.85. The smallest absolute Gasteiger partial charge is 0.220 e. The molecule has 0 fully saturated rings. The molecule has 0 aliphatic carbocycles. The van der Waals surface area contributed by atoms with Crippen molar-refractivity contribution in [3.05, 3.63) is 59.7 Å². The Bertz CT molecular complexity index is 829. The molecule has 0 bridgehead atoms. The maximum Gasteiger partial charge on any atom is 0.220 e. The molecular weight excluding hydrogens is 338 g/mol. The number of benzene rings is 2. The maximum absolute atomic E-state index is 12.2. The van der Waals surface area contributed by atoms with Crippen LogP contribution in [0.5, 0.6) is 5.75 Å². The van der Waals surface area contributed by atoms with Crippen molar-refractivity contribution in [2.45, 2.75) is 30.7 Å². The Kier molecular flexibility index (Phi) is 6.20. The number of ether oxygens (including phenoxy) is 1. The summed E-state index contributed by atoms with van der Waals surface area (Å²) in [6, 6.07) is 14.0. The third kappa shape index (κ3) is 5.32. The largest absolute Gasteiger partial charge is 0.496 e. The second-order valence-corrected chi connectivity index (χ2v) is 7.96. The molecule has 134 valence electrons. The highest BCUT2D eigenvalue weighted by atomic mass is 32.2. The van der Waals surface area contributed by atoms with E-state index in [1.165, 1.54) is 6.26 Å². The number of sulfone groups is 1. The summed E-state index contributed by atoms with van der Waals surface area (Å²) >= 11 is 0. The van der Waals surface area contributed by atoms with Crippen molar-refractivity contribution in [2.75, 3.05) is 13.4 Å². The summed E-state index contributed by atoms with van der Waals surface area (Å²) in [5.74, 6) is 0.713. The predicted octanol–water partition coefficient (Wildman–Crippen LogP) is 2.91. The van der Waals surface area contributed by atoms with E-state index in [4.69, 9.17) is 4.74 Å². The first-order chi connectivity index (χ1) is 11.8. The van der Waals surface area contributed by atoms with Crippen LogP contribution in [0.2, 0.25) is 0 Å². The summed E-state index contributed by atoms with van der Waals surface area (Å²) in [5, 5.41) is 2.93. The summed E-state index contributed by atoms with van der Waals surface area (Å²) in [4.78, 5) is 12.4. The lowest BCUT2D eigenvalue weighted by Crippen LogP contribution is -2.26. The van der Waals surface area contributed by atoms with Gasteiger partial charge in [0.05, 0.1) is 18.0 Å². The van der Waals surface area contributed by atoms with E-state index < -0.39 is 9.84 Å². The second-order valence-electron chi connectivity index (χ2n) is 5.94. The maximum atomic E-state index is 12.2. The van der Waals surface area contributed by atoms with Crippen LogP contribution in [0.15, 0.2) is 53.4 Å². The Morgan fingerprint density at radius 1 is 1.12 bits per heavy atom. The van der Waals surface area contributed by atoms with Gasteiger partial charge in [0.2, 0.25) is 5.91 Å². The predicted molar refractivity (Wildman–Crippen MR) is 97.4 cm³/mol. The molecule has 1 N–H and O–H groups in total. The van der Waals surface area contributed by atoms with Crippen molar-refractivity contribution in [1.82, 2.24) is 5.32 Å². The molecule has 1 atom stereocenters. The first-order valence-electron chi connectivity index (χ1n) is 8.02. The topological polar surface area (TPSA) is 72.5 Å². The molecule has 0 saturated heterocycles. The molecule has 0 saturated carbocycles. The molecule has 0 radical (unpaired) electrons. The Hall–Kier alpha value is -2.34. The fourth-order valence-corrected chi connectivity index (χ4v) is 3.19. The Labute approximate surface area is 148 Å². The minimum absolute atomic E-state index is 0.0643. The Balaban J connectivity index is 1.93. The van der Waals surface area contributed by atoms with Gasteiger partial charge in [-0.2, -0.15) is 0 Å². The molecule has 0 aliphatic rings. The zero-order chi connectivity index (χ0) is 18.4. The monoisotopic (exact) mass is 361 g/mol. The van der Waals surface area contributed by atoms with Crippen molar-refractivity contribution >= 4 is 15.7 Å². The van der Waals surface area contributed by atoms with Crippen LogP contribution in [0.3, 0.4) is 0 Å². The van der Waals surface area contributed by atoms with Crippen molar-refractivity contribution in [1.29, 1.82) is 0 Å². The zero-order valence-corrected chi connectivity index (χ0v) is 15.5. The number of hydrogen-bond donors (Lipinski definition) is 1. The summed E-state index contributed by atoms with van der Waals surface area (Å²) in [7, 11) is -1.60. The molecule has 6 heteroatoms. The first-order valence-corrected chi connectivity index (χ1v) is 9.91. The van der Waals surface area contributed by atoms with Gasteiger partial charge in [-0.15, -0.1) is 0 Å². The number of rotatable bonds is 7. The molecule has 0 heterocycles. The molecular formula is C19H23NO4S. The number of para-hydroxylation sites is 1. The van der Waals surface area contributed by atoms with E-state index in [2.05, 4.69) is 5.32 Å². The minimum Gasteiger partial charge on any atom is -0.496 e. The summed E-state index contributed by atoms with van der Waals surface area (Å²) in [6.07, 6.45) is 2.12. The third-order valence-corrected chi connectivity index (χ3v) is 5.13. The van der Waals surface area contributed by atoms with Crippen molar-refractivity contribution in [3.8, 4) is 5.75 Å². The average molecular weight is 361 g/mol. The fraction of sp³-hybridized carbons (Fsp3) is 0.316. The molecule has 2 rings (SSSR count). The van der Waals surface area contributed by atoms with Crippen LogP contribution in [0, 0.1) is 0 Å². The van der Waals surface area contributed by atoms with Crippen molar-refractivity contribution in [2.24, 2.45) is 0 Å². The molecule has 5 nitrogen and oxygen atoms in total. The molecule has 1 unspecified atom stereocenters. The summed E-state index contributed by atoms with van der Waals surface area (Å²) < 4.78 is 28.3. The van der Waals surface area contributed by atoms with Crippen LogP contribution in [-0.2, 0) is 21.1 Å². The van der Waals surface area contributed by atoms with E-state index in [9.17, 15) is 13.2 Å². The number of carbonyl (C=O) groups is 1. The van der Waals surface area contributed by atoms with Crippen LogP contribution < -0.4 is 10.1 Å². The van der Waals surface area contributed by atoms with Gasteiger partial charge in [-0.25, -0.2) is 8.42 Å². The molecule has 0 aromatic heterocycles. The standard InChI is InChI=1S/C19H23NO4S/c1-14(15-8-11-17(12-9-15)25(3,22)23)20-19(21)13-10-16-6-4-5-7-18(16)24-2/h4-9,11-12,14H,10,13H2,1-3H3,(H,20,21). The van der Waals surface area contributed by atoms with E-state index in [1.54, 1.807) is 31.4 Å². The van der Waals surface area contributed by atoms with Crippen molar-refractivity contribution < 1.29 is 17.9 Å². The Morgan fingerprint density at radius 2 is 1.76 bits per heavy atom.